The Balaban J connectivity index is 1.38. The fourth-order valence-electron chi connectivity index (χ4n) is 2.99. The van der Waals surface area contributed by atoms with Crippen LogP contribution in [0.5, 0.6) is 5.75 Å². The van der Waals surface area contributed by atoms with E-state index in [1.54, 1.807) is 13.0 Å². The molecule has 1 unspecified atom stereocenters. The molecule has 0 fully saturated rings. The van der Waals surface area contributed by atoms with E-state index < -0.39 is 15.3 Å². The lowest BCUT2D eigenvalue weighted by Gasteiger charge is -2.11. The number of carbonyl (C=O) groups excluding carboxylic acids is 1. The van der Waals surface area contributed by atoms with Gasteiger partial charge < -0.3 is 15.0 Å². The number of ether oxygens (including phenoxy) is 1. The number of imidazole rings is 1. The summed E-state index contributed by atoms with van der Waals surface area (Å²) >= 11 is 1.29. The maximum atomic E-state index is 12.7. The van der Waals surface area contributed by atoms with E-state index in [1.165, 1.54) is 48.4 Å². The lowest BCUT2D eigenvalue weighted by atomic mass is 10.3. The van der Waals surface area contributed by atoms with Gasteiger partial charge in [-0.15, -0.1) is 0 Å². The molecular formula is C22H22N6O4S2. The zero-order chi connectivity index (χ0) is 24.1. The summed E-state index contributed by atoms with van der Waals surface area (Å²) in [6.07, 6.45) is 2.87. The largest absolute Gasteiger partial charge is 0.494 e. The smallest absolute Gasteiger partial charge is 0.264 e. The Morgan fingerprint density at radius 1 is 1.15 bits per heavy atom. The number of aromatic amines is 1. The molecule has 176 valence electrons. The fraction of sp³-hybridized carbons (Fsp3) is 0.182. The van der Waals surface area contributed by atoms with Gasteiger partial charge in [-0.2, -0.15) is 0 Å². The van der Waals surface area contributed by atoms with Crippen LogP contribution in [0.2, 0.25) is 0 Å². The number of nitrogens with one attached hydrogen (secondary N) is 3. The van der Waals surface area contributed by atoms with E-state index in [-0.39, 0.29) is 16.8 Å². The van der Waals surface area contributed by atoms with Gasteiger partial charge in [0.2, 0.25) is 11.9 Å². The Morgan fingerprint density at radius 3 is 2.59 bits per heavy atom. The van der Waals surface area contributed by atoms with Gasteiger partial charge in [0.25, 0.3) is 10.0 Å². The molecule has 4 rings (SSSR count). The lowest BCUT2D eigenvalue weighted by molar-refractivity contribution is -0.115. The molecular weight excluding hydrogens is 476 g/mol. The molecule has 0 spiro atoms. The predicted molar refractivity (Wildman–Crippen MR) is 130 cm³/mol. The standard InChI is InChI=1S/C22H22N6O4S2/c1-3-32-16-7-10-18-19(13-16)27-22(26-18)33-14(2)20(29)25-15-5-8-17(9-6-15)34(30,31)28-21-23-11-4-12-24-21/h4-14H,3H2,1-2H3,(H,25,29)(H,26,27)(H,23,24,28). The molecule has 0 radical (unpaired) electrons. The molecule has 0 aliphatic heterocycles. The molecule has 0 bridgehead atoms. The highest BCUT2D eigenvalue weighted by Crippen LogP contribution is 2.26. The number of sulfonamides is 1. The molecule has 0 aliphatic carbocycles. The summed E-state index contributed by atoms with van der Waals surface area (Å²) in [6.45, 7) is 4.26. The number of thioether (sulfide) groups is 1. The van der Waals surface area contributed by atoms with E-state index in [9.17, 15) is 13.2 Å². The molecule has 12 heteroatoms. The summed E-state index contributed by atoms with van der Waals surface area (Å²) in [4.78, 5) is 28.1. The Labute approximate surface area is 200 Å². The molecule has 1 atom stereocenters. The summed E-state index contributed by atoms with van der Waals surface area (Å²) in [5.74, 6) is 0.482. The maximum absolute atomic E-state index is 12.7. The first-order valence-corrected chi connectivity index (χ1v) is 12.7. The topological polar surface area (TPSA) is 139 Å². The average Bonchev–Trinajstić information content (AvgIpc) is 3.21. The van der Waals surface area contributed by atoms with Gasteiger partial charge in [-0.3, -0.25) is 4.79 Å². The van der Waals surface area contributed by atoms with Crippen molar-refractivity contribution in [2.24, 2.45) is 0 Å². The van der Waals surface area contributed by atoms with E-state index in [0.717, 1.165) is 16.8 Å². The predicted octanol–water partition coefficient (Wildman–Crippen LogP) is 3.67. The van der Waals surface area contributed by atoms with Crippen molar-refractivity contribution >= 4 is 50.4 Å². The summed E-state index contributed by atoms with van der Waals surface area (Å²) in [6, 6.07) is 13.0. The SMILES string of the molecule is CCOc1ccc2nc(SC(C)C(=O)Nc3ccc(S(=O)(=O)Nc4ncccn4)cc3)[nH]c2c1. The van der Waals surface area contributed by atoms with Crippen LogP contribution >= 0.6 is 11.8 Å². The highest BCUT2D eigenvalue weighted by molar-refractivity contribution is 8.00. The van der Waals surface area contributed by atoms with Gasteiger partial charge in [-0.1, -0.05) is 11.8 Å². The number of anilines is 2. The van der Waals surface area contributed by atoms with Gasteiger partial charge in [0, 0.05) is 24.1 Å². The van der Waals surface area contributed by atoms with Crippen molar-refractivity contribution in [1.82, 2.24) is 19.9 Å². The molecule has 10 nitrogen and oxygen atoms in total. The minimum atomic E-state index is -3.85. The van der Waals surface area contributed by atoms with Crippen molar-refractivity contribution in [2.75, 3.05) is 16.6 Å². The number of amides is 1. The van der Waals surface area contributed by atoms with E-state index in [0.29, 0.717) is 17.5 Å². The number of aromatic nitrogens is 4. The van der Waals surface area contributed by atoms with Crippen LogP contribution in [0.1, 0.15) is 13.8 Å². The van der Waals surface area contributed by atoms with Gasteiger partial charge in [-0.25, -0.2) is 28.1 Å². The molecule has 3 N–H and O–H groups in total. The van der Waals surface area contributed by atoms with Gasteiger partial charge in [-0.05, 0) is 56.3 Å². The van der Waals surface area contributed by atoms with E-state index in [2.05, 4.69) is 30.0 Å². The third-order valence-electron chi connectivity index (χ3n) is 4.62. The number of rotatable bonds is 9. The summed E-state index contributed by atoms with van der Waals surface area (Å²) < 4.78 is 32.8. The van der Waals surface area contributed by atoms with Crippen LogP contribution in [0.15, 0.2) is 71.0 Å². The van der Waals surface area contributed by atoms with Crippen molar-refractivity contribution in [3.63, 3.8) is 0 Å². The Hall–Kier alpha value is -3.64. The van der Waals surface area contributed by atoms with Crippen LogP contribution in [0.3, 0.4) is 0 Å². The number of fused-ring (bicyclic) bond motifs is 1. The second-order valence-electron chi connectivity index (χ2n) is 7.11. The van der Waals surface area contributed by atoms with Crippen LogP contribution in [0, 0.1) is 0 Å². The number of nitrogens with zero attached hydrogens (tertiary/aromatic N) is 3. The van der Waals surface area contributed by atoms with Crippen molar-refractivity contribution in [1.29, 1.82) is 0 Å². The molecule has 34 heavy (non-hydrogen) atoms. The van der Waals surface area contributed by atoms with Crippen molar-refractivity contribution in [2.45, 2.75) is 29.1 Å². The number of H-pyrrole nitrogens is 1. The van der Waals surface area contributed by atoms with E-state index in [4.69, 9.17) is 4.74 Å². The van der Waals surface area contributed by atoms with Crippen molar-refractivity contribution < 1.29 is 17.9 Å². The highest BCUT2D eigenvalue weighted by atomic mass is 32.2. The van der Waals surface area contributed by atoms with Gasteiger partial charge in [0.05, 0.1) is 27.8 Å². The second kappa shape index (κ2) is 10.1. The number of benzene rings is 2. The fourth-order valence-corrected chi connectivity index (χ4v) is 4.77. The third kappa shape index (κ3) is 5.64. The van der Waals surface area contributed by atoms with Crippen LogP contribution < -0.4 is 14.8 Å². The Bertz CT molecular complexity index is 1390. The van der Waals surface area contributed by atoms with E-state index in [1.807, 2.05) is 25.1 Å². The molecule has 2 aromatic carbocycles. The average molecular weight is 499 g/mol. The second-order valence-corrected chi connectivity index (χ2v) is 10.1. The van der Waals surface area contributed by atoms with Crippen LogP contribution in [-0.2, 0) is 14.8 Å². The monoisotopic (exact) mass is 498 g/mol. The first-order chi connectivity index (χ1) is 16.3. The summed E-state index contributed by atoms with van der Waals surface area (Å²) in [5, 5.41) is 2.95. The van der Waals surface area contributed by atoms with Gasteiger partial charge >= 0.3 is 0 Å². The molecule has 0 saturated heterocycles. The number of carbonyl (C=O) groups is 1. The van der Waals surface area contributed by atoms with Crippen molar-refractivity contribution in [3.05, 3.63) is 60.9 Å². The molecule has 0 aliphatic rings. The maximum Gasteiger partial charge on any atom is 0.264 e. The zero-order valence-electron chi connectivity index (χ0n) is 18.3. The minimum absolute atomic E-state index is 0.0223. The summed E-state index contributed by atoms with van der Waals surface area (Å²) in [5.41, 5.74) is 2.08. The van der Waals surface area contributed by atoms with Gasteiger partial charge in [0.1, 0.15) is 5.75 Å². The molecule has 4 aromatic rings. The Morgan fingerprint density at radius 2 is 1.88 bits per heavy atom. The number of hydrogen-bond acceptors (Lipinski definition) is 8. The minimum Gasteiger partial charge on any atom is -0.494 e. The van der Waals surface area contributed by atoms with Crippen LogP contribution in [0.25, 0.3) is 11.0 Å². The van der Waals surface area contributed by atoms with E-state index >= 15 is 0 Å². The van der Waals surface area contributed by atoms with Crippen LogP contribution in [0.4, 0.5) is 11.6 Å². The normalized spacial score (nSPS) is 12.3. The first kappa shape index (κ1) is 23.5. The molecule has 0 saturated carbocycles. The van der Waals surface area contributed by atoms with Crippen LogP contribution in [-0.4, -0.2) is 46.1 Å². The molecule has 1 amide bonds. The molecule has 2 heterocycles. The molecule has 2 aromatic heterocycles. The quantitative estimate of drug-likeness (QED) is 0.297. The zero-order valence-corrected chi connectivity index (χ0v) is 20.0. The summed E-state index contributed by atoms with van der Waals surface area (Å²) in [7, 11) is -3.85. The number of hydrogen-bond donors (Lipinski definition) is 3. The van der Waals surface area contributed by atoms with Gasteiger partial charge in [0.15, 0.2) is 5.16 Å². The lowest BCUT2D eigenvalue weighted by Crippen LogP contribution is -2.22. The Kier molecular flexibility index (Phi) is 6.98. The van der Waals surface area contributed by atoms with Crippen molar-refractivity contribution in [3.8, 4) is 5.75 Å². The highest BCUT2D eigenvalue weighted by Gasteiger charge is 2.19. The first-order valence-electron chi connectivity index (χ1n) is 10.3. The third-order valence-corrected chi connectivity index (χ3v) is 6.95.